The van der Waals surface area contributed by atoms with Gasteiger partial charge in [-0.05, 0) is 74.9 Å². The summed E-state index contributed by atoms with van der Waals surface area (Å²) >= 11 is 0. The molecule has 1 fully saturated rings. The Balaban J connectivity index is 1.43. The van der Waals surface area contributed by atoms with Gasteiger partial charge in [-0.25, -0.2) is 0 Å². The van der Waals surface area contributed by atoms with Crippen LogP contribution >= 0.6 is 0 Å². The molecular formula is C24H32N2O. The molecule has 0 radical (unpaired) electrons. The molecule has 2 aromatic rings. The lowest BCUT2D eigenvalue weighted by Gasteiger charge is -2.34. The third-order valence-corrected chi connectivity index (χ3v) is 6.27. The molecule has 1 saturated heterocycles. The van der Waals surface area contributed by atoms with Crippen LogP contribution in [-0.2, 0) is 12.8 Å². The number of para-hydroxylation sites is 2. The first-order chi connectivity index (χ1) is 13.4. The molecule has 1 atom stereocenters. The fraction of sp³-hybridized carbons (Fsp3) is 0.500. The molecule has 3 heteroatoms. The van der Waals surface area contributed by atoms with E-state index < -0.39 is 0 Å². The van der Waals surface area contributed by atoms with Crippen molar-refractivity contribution in [1.82, 2.24) is 4.90 Å². The van der Waals surface area contributed by atoms with Gasteiger partial charge in [-0.15, -0.1) is 0 Å². The van der Waals surface area contributed by atoms with E-state index in [4.69, 9.17) is 0 Å². The van der Waals surface area contributed by atoms with Crippen molar-refractivity contribution in [2.75, 3.05) is 31.1 Å². The maximum atomic E-state index is 9.62. The maximum absolute atomic E-state index is 9.62. The number of piperidine rings is 1. The van der Waals surface area contributed by atoms with E-state index in [2.05, 4.69) is 58.3 Å². The minimum atomic E-state index is 0.312. The Kier molecular flexibility index (Phi) is 6.10. The number of aryl methyl sites for hydroxylation is 2. The number of nitrogens with zero attached hydrogens (tertiary/aromatic N) is 2. The minimum Gasteiger partial charge on any atom is -0.395 e. The molecule has 0 saturated carbocycles. The fourth-order valence-electron chi connectivity index (χ4n) is 4.76. The van der Waals surface area contributed by atoms with Crippen LogP contribution in [0.4, 0.5) is 11.4 Å². The summed E-state index contributed by atoms with van der Waals surface area (Å²) < 4.78 is 0. The van der Waals surface area contributed by atoms with Crippen molar-refractivity contribution in [1.29, 1.82) is 0 Å². The first kappa shape index (κ1) is 18.5. The van der Waals surface area contributed by atoms with Crippen LogP contribution < -0.4 is 4.90 Å². The van der Waals surface area contributed by atoms with Crippen LogP contribution in [0.5, 0.6) is 0 Å². The fourth-order valence-corrected chi connectivity index (χ4v) is 4.76. The molecule has 4 rings (SSSR count). The molecule has 2 aromatic carbocycles. The second-order valence-corrected chi connectivity index (χ2v) is 7.98. The number of hydrogen-bond acceptors (Lipinski definition) is 3. The number of aliphatic hydroxyl groups excluding tert-OH is 1. The van der Waals surface area contributed by atoms with E-state index in [1.165, 1.54) is 48.2 Å². The molecule has 144 valence electrons. The molecule has 1 N–H and O–H groups in total. The average Bonchev–Trinajstić information content (AvgIpc) is 2.89. The van der Waals surface area contributed by atoms with Crippen LogP contribution in [0.15, 0.2) is 48.5 Å². The van der Waals surface area contributed by atoms with Crippen LogP contribution in [0.2, 0.25) is 0 Å². The van der Waals surface area contributed by atoms with Crippen LogP contribution in [0.25, 0.3) is 0 Å². The Labute approximate surface area is 163 Å². The number of anilines is 2. The normalized spacial score (nSPS) is 20.0. The highest BCUT2D eigenvalue weighted by molar-refractivity contribution is 5.71. The van der Waals surface area contributed by atoms with E-state index in [-0.39, 0.29) is 0 Å². The zero-order valence-electron chi connectivity index (χ0n) is 16.3. The van der Waals surface area contributed by atoms with Crippen LogP contribution in [-0.4, -0.2) is 42.3 Å². The molecule has 2 heterocycles. The predicted octanol–water partition coefficient (Wildman–Crippen LogP) is 4.55. The van der Waals surface area contributed by atoms with Crippen LogP contribution in [0, 0.1) is 0 Å². The lowest BCUT2D eigenvalue weighted by atomic mass is 10.0. The zero-order chi connectivity index (χ0) is 18.5. The van der Waals surface area contributed by atoms with Crippen molar-refractivity contribution in [2.24, 2.45) is 0 Å². The minimum absolute atomic E-state index is 0.312. The summed E-state index contributed by atoms with van der Waals surface area (Å²) in [5, 5.41) is 9.62. The standard InChI is InChI=1S/C24H32N2O/c27-19-22-11-5-6-16-25(22)17-7-8-18-26-23-12-3-1-9-20(23)14-15-21-10-2-4-13-24(21)26/h1-4,9-10,12-13,22,27H,5-8,11,14-19H2. The first-order valence-electron chi connectivity index (χ1n) is 10.6. The topological polar surface area (TPSA) is 26.7 Å². The van der Waals surface area contributed by atoms with Gasteiger partial charge in [0.2, 0.25) is 0 Å². The summed E-state index contributed by atoms with van der Waals surface area (Å²) in [6, 6.07) is 18.2. The summed E-state index contributed by atoms with van der Waals surface area (Å²) in [5.41, 5.74) is 5.69. The highest BCUT2D eigenvalue weighted by Crippen LogP contribution is 2.36. The number of benzene rings is 2. The lowest BCUT2D eigenvalue weighted by Crippen LogP contribution is -2.42. The van der Waals surface area contributed by atoms with Gasteiger partial charge in [0.25, 0.3) is 0 Å². The summed E-state index contributed by atoms with van der Waals surface area (Å²) in [6.45, 7) is 3.64. The monoisotopic (exact) mass is 364 g/mol. The van der Waals surface area contributed by atoms with Crippen molar-refractivity contribution in [3.63, 3.8) is 0 Å². The number of hydrogen-bond donors (Lipinski definition) is 1. The van der Waals surface area contributed by atoms with E-state index in [1.807, 2.05) is 0 Å². The largest absolute Gasteiger partial charge is 0.395 e. The maximum Gasteiger partial charge on any atom is 0.0586 e. The van der Waals surface area contributed by atoms with Gasteiger partial charge in [-0.3, -0.25) is 4.90 Å². The van der Waals surface area contributed by atoms with E-state index in [1.54, 1.807) is 0 Å². The Morgan fingerprint density at radius 2 is 1.44 bits per heavy atom. The molecule has 1 unspecified atom stereocenters. The first-order valence-corrected chi connectivity index (χ1v) is 10.6. The van der Waals surface area contributed by atoms with Crippen molar-refractivity contribution in [3.8, 4) is 0 Å². The summed E-state index contributed by atoms with van der Waals surface area (Å²) in [7, 11) is 0. The number of likely N-dealkylation sites (tertiary alicyclic amines) is 1. The molecule has 0 aromatic heterocycles. The second-order valence-electron chi connectivity index (χ2n) is 7.98. The van der Waals surface area contributed by atoms with Crippen molar-refractivity contribution >= 4 is 11.4 Å². The van der Waals surface area contributed by atoms with Gasteiger partial charge in [0.1, 0.15) is 0 Å². The highest BCUT2D eigenvalue weighted by Gasteiger charge is 2.22. The molecule has 3 nitrogen and oxygen atoms in total. The van der Waals surface area contributed by atoms with Crippen molar-refractivity contribution < 1.29 is 5.11 Å². The van der Waals surface area contributed by atoms with Gasteiger partial charge in [-0.1, -0.05) is 42.8 Å². The zero-order valence-corrected chi connectivity index (χ0v) is 16.3. The lowest BCUT2D eigenvalue weighted by molar-refractivity contribution is 0.0889. The number of fused-ring (bicyclic) bond motifs is 2. The number of unbranched alkanes of at least 4 members (excludes halogenated alkanes) is 1. The molecular weight excluding hydrogens is 332 g/mol. The molecule has 2 aliphatic rings. The predicted molar refractivity (Wildman–Crippen MR) is 113 cm³/mol. The van der Waals surface area contributed by atoms with Crippen LogP contribution in [0.3, 0.4) is 0 Å². The molecule has 0 bridgehead atoms. The van der Waals surface area contributed by atoms with Gasteiger partial charge in [0, 0.05) is 24.0 Å². The van der Waals surface area contributed by atoms with E-state index >= 15 is 0 Å². The Hall–Kier alpha value is -1.84. The smallest absolute Gasteiger partial charge is 0.0586 e. The number of rotatable bonds is 6. The molecule has 0 amide bonds. The quantitative estimate of drug-likeness (QED) is 0.762. The van der Waals surface area contributed by atoms with E-state index in [0.717, 1.165) is 38.9 Å². The third kappa shape index (κ3) is 4.20. The van der Waals surface area contributed by atoms with Gasteiger partial charge in [0.15, 0.2) is 0 Å². The third-order valence-electron chi connectivity index (χ3n) is 6.27. The van der Waals surface area contributed by atoms with Crippen molar-refractivity contribution in [3.05, 3.63) is 59.7 Å². The average molecular weight is 365 g/mol. The van der Waals surface area contributed by atoms with Crippen molar-refractivity contribution in [2.45, 2.75) is 51.0 Å². The molecule has 2 aliphatic heterocycles. The Morgan fingerprint density at radius 1 is 0.815 bits per heavy atom. The summed E-state index contributed by atoms with van der Waals surface area (Å²) in [6.07, 6.45) is 8.32. The van der Waals surface area contributed by atoms with E-state index in [0.29, 0.717) is 12.6 Å². The highest BCUT2D eigenvalue weighted by atomic mass is 16.3. The molecule has 0 spiro atoms. The summed E-state index contributed by atoms with van der Waals surface area (Å²) in [4.78, 5) is 5.05. The second kappa shape index (κ2) is 8.90. The van der Waals surface area contributed by atoms with Crippen LogP contribution in [0.1, 0.15) is 43.2 Å². The van der Waals surface area contributed by atoms with E-state index in [9.17, 15) is 5.11 Å². The van der Waals surface area contributed by atoms with Gasteiger partial charge in [-0.2, -0.15) is 0 Å². The summed E-state index contributed by atoms with van der Waals surface area (Å²) in [5.74, 6) is 0. The Morgan fingerprint density at radius 3 is 2.11 bits per heavy atom. The molecule has 0 aliphatic carbocycles. The van der Waals surface area contributed by atoms with Gasteiger partial charge < -0.3 is 10.0 Å². The van der Waals surface area contributed by atoms with Gasteiger partial charge in [0.05, 0.1) is 6.61 Å². The molecule has 27 heavy (non-hydrogen) atoms. The number of aliphatic hydroxyl groups is 1. The SMILES string of the molecule is OCC1CCCCN1CCCCN1c2ccccc2CCc2ccccc21. The van der Waals surface area contributed by atoms with Gasteiger partial charge >= 0.3 is 0 Å². The Bertz CT molecular complexity index is 697.